The van der Waals surface area contributed by atoms with Gasteiger partial charge < -0.3 is 9.64 Å². The number of hydrogen-bond acceptors (Lipinski definition) is 3. The number of ether oxygens (including phenoxy) is 1. The molecule has 2 heterocycles. The smallest absolute Gasteiger partial charge is 0.272 e. The first-order valence-corrected chi connectivity index (χ1v) is 7.15. The summed E-state index contributed by atoms with van der Waals surface area (Å²) in [6, 6.07) is 13.5. The zero-order valence-electron chi connectivity index (χ0n) is 12.0. The van der Waals surface area contributed by atoms with Crippen LogP contribution in [-0.4, -0.2) is 29.4 Å². The maximum Gasteiger partial charge on any atom is 0.272 e. The lowest BCUT2D eigenvalue weighted by Crippen LogP contribution is -2.31. The van der Waals surface area contributed by atoms with Crippen LogP contribution in [0.4, 0.5) is 0 Å². The van der Waals surface area contributed by atoms with Gasteiger partial charge in [-0.15, -0.1) is 0 Å². The van der Waals surface area contributed by atoms with Crippen molar-refractivity contribution in [3.05, 3.63) is 59.9 Å². The lowest BCUT2D eigenvalue weighted by molar-refractivity contribution is 0.0729. The van der Waals surface area contributed by atoms with Gasteiger partial charge in [0, 0.05) is 12.7 Å². The third kappa shape index (κ3) is 2.75. The fourth-order valence-corrected chi connectivity index (χ4v) is 2.84. The van der Waals surface area contributed by atoms with E-state index >= 15 is 0 Å². The third-order valence-corrected chi connectivity index (χ3v) is 3.88. The molecule has 1 aromatic heterocycles. The molecule has 108 valence electrons. The summed E-state index contributed by atoms with van der Waals surface area (Å²) >= 11 is 0. The number of nitrogens with zero attached hydrogens (tertiary/aromatic N) is 2. The predicted molar refractivity (Wildman–Crippen MR) is 80.2 cm³/mol. The van der Waals surface area contributed by atoms with Crippen molar-refractivity contribution in [2.45, 2.75) is 18.9 Å². The number of carbonyl (C=O) groups is 1. The third-order valence-electron chi connectivity index (χ3n) is 3.88. The number of aromatic nitrogens is 1. The highest BCUT2D eigenvalue weighted by Gasteiger charge is 2.31. The molecule has 1 aliphatic rings. The van der Waals surface area contributed by atoms with Crippen LogP contribution in [0.1, 0.15) is 34.9 Å². The zero-order chi connectivity index (χ0) is 14.7. The molecule has 1 fully saturated rings. The molecule has 4 heteroatoms. The Labute approximate surface area is 124 Å². The summed E-state index contributed by atoms with van der Waals surface area (Å²) in [7, 11) is 1.66. The zero-order valence-corrected chi connectivity index (χ0v) is 12.0. The van der Waals surface area contributed by atoms with Crippen LogP contribution < -0.4 is 4.74 Å². The second-order valence-corrected chi connectivity index (χ2v) is 5.15. The second-order valence-electron chi connectivity index (χ2n) is 5.15. The molecule has 1 unspecified atom stereocenters. The molecule has 3 rings (SSSR count). The van der Waals surface area contributed by atoms with E-state index in [4.69, 9.17) is 4.74 Å². The van der Waals surface area contributed by atoms with Gasteiger partial charge in [0.25, 0.3) is 5.91 Å². The molecule has 0 radical (unpaired) electrons. The SMILES string of the molecule is COc1cccc(C2CCCN2C(=O)c2ccccn2)c1. The van der Waals surface area contributed by atoms with E-state index in [-0.39, 0.29) is 11.9 Å². The van der Waals surface area contributed by atoms with Crippen molar-refractivity contribution in [3.63, 3.8) is 0 Å². The summed E-state index contributed by atoms with van der Waals surface area (Å²) in [5.41, 5.74) is 1.63. The number of carbonyl (C=O) groups excluding carboxylic acids is 1. The summed E-state index contributed by atoms with van der Waals surface area (Å²) in [6.45, 7) is 0.775. The van der Waals surface area contributed by atoms with Gasteiger partial charge in [0.2, 0.25) is 0 Å². The van der Waals surface area contributed by atoms with Gasteiger partial charge in [-0.05, 0) is 42.7 Å². The van der Waals surface area contributed by atoms with Crippen molar-refractivity contribution in [1.29, 1.82) is 0 Å². The maximum absolute atomic E-state index is 12.6. The number of hydrogen-bond donors (Lipinski definition) is 0. The summed E-state index contributed by atoms with van der Waals surface area (Å²) < 4.78 is 5.28. The average Bonchev–Trinajstić information content (AvgIpc) is 3.04. The first-order valence-electron chi connectivity index (χ1n) is 7.15. The highest BCUT2D eigenvalue weighted by atomic mass is 16.5. The average molecular weight is 282 g/mol. The number of amides is 1. The summed E-state index contributed by atoms with van der Waals surface area (Å²) in [5, 5.41) is 0. The lowest BCUT2D eigenvalue weighted by atomic mass is 10.0. The van der Waals surface area contributed by atoms with E-state index in [1.165, 1.54) is 0 Å². The minimum atomic E-state index is 0.000852. The van der Waals surface area contributed by atoms with Crippen molar-refractivity contribution in [2.75, 3.05) is 13.7 Å². The highest BCUT2D eigenvalue weighted by molar-refractivity contribution is 5.92. The Morgan fingerprint density at radius 1 is 1.29 bits per heavy atom. The second kappa shape index (κ2) is 5.95. The van der Waals surface area contributed by atoms with Gasteiger partial charge in [0.15, 0.2) is 0 Å². The Hall–Kier alpha value is -2.36. The van der Waals surface area contributed by atoms with Gasteiger partial charge in [-0.25, -0.2) is 0 Å². The molecule has 2 aromatic rings. The van der Waals surface area contributed by atoms with Crippen LogP contribution in [0, 0.1) is 0 Å². The van der Waals surface area contributed by atoms with Crippen LogP contribution in [-0.2, 0) is 0 Å². The van der Waals surface area contributed by atoms with Crippen LogP contribution in [0.2, 0.25) is 0 Å². The van der Waals surface area contributed by atoms with Crippen LogP contribution in [0.3, 0.4) is 0 Å². The molecule has 1 aromatic carbocycles. The van der Waals surface area contributed by atoms with E-state index in [9.17, 15) is 4.79 Å². The van der Waals surface area contributed by atoms with Gasteiger partial charge in [-0.2, -0.15) is 0 Å². The topological polar surface area (TPSA) is 42.4 Å². The van der Waals surface area contributed by atoms with Crippen molar-refractivity contribution in [1.82, 2.24) is 9.88 Å². The minimum absolute atomic E-state index is 0.000852. The highest BCUT2D eigenvalue weighted by Crippen LogP contribution is 2.34. The van der Waals surface area contributed by atoms with Crippen LogP contribution in [0.5, 0.6) is 5.75 Å². The normalized spacial score (nSPS) is 17.8. The molecule has 0 bridgehead atoms. The first kappa shape index (κ1) is 13.6. The molecular formula is C17H18N2O2. The molecule has 0 aliphatic carbocycles. The summed E-state index contributed by atoms with van der Waals surface area (Å²) in [6.07, 6.45) is 3.65. The number of methoxy groups -OCH3 is 1. The van der Waals surface area contributed by atoms with Crippen LogP contribution in [0.25, 0.3) is 0 Å². The number of rotatable bonds is 3. The predicted octanol–water partition coefficient (Wildman–Crippen LogP) is 3.07. The number of likely N-dealkylation sites (tertiary alicyclic amines) is 1. The molecule has 0 saturated carbocycles. The van der Waals surface area contributed by atoms with E-state index < -0.39 is 0 Å². The Kier molecular flexibility index (Phi) is 3.86. The monoisotopic (exact) mass is 282 g/mol. The van der Waals surface area contributed by atoms with Crippen molar-refractivity contribution >= 4 is 5.91 Å². The molecule has 21 heavy (non-hydrogen) atoms. The lowest BCUT2D eigenvalue weighted by Gasteiger charge is -2.25. The Balaban J connectivity index is 1.87. The molecule has 1 aliphatic heterocycles. The fraction of sp³-hybridized carbons (Fsp3) is 0.294. The van der Waals surface area contributed by atoms with E-state index in [1.54, 1.807) is 19.4 Å². The van der Waals surface area contributed by atoms with Crippen molar-refractivity contribution in [3.8, 4) is 5.75 Å². The number of pyridine rings is 1. The molecule has 1 atom stereocenters. The summed E-state index contributed by atoms with van der Waals surface area (Å²) in [4.78, 5) is 18.7. The molecule has 4 nitrogen and oxygen atoms in total. The van der Waals surface area contributed by atoms with E-state index in [2.05, 4.69) is 11.1 Å². The molecule has 1 saturated heterocycles. The Morgan fingerprint density at radius 3 is 2.95 bits per heavy atom. The van der Waals surface area contributed by atoms with Crippen molar-refractivity contribution < 1.29 is 9.53 Å². The van der Waals surface area contributed by atoms with Gasteiger partial charge in [0.05, 0.1) is 13.2 Å². The molecule has 0 N–H and O–H groups in total. The molecule has 0 spiro atoms. The Morgan fingerprint density at radius 2 is 2.19 bits per heavy atom. The van der Waals surface area contributed by atoms with Gasteiger partial charge >= 0.3 is 0 Å². The summed E-state index contributed by atoms with van der Waals surface area (Å²) in [5.74, 6) is 0.825. The van der Waals surface area contributed by atoms with E-state index in [1.807, 2.05) is 35.2 Å². The Bertz CT molecular complexity index is 628. The first-order chi connectivity index (χ1) is 10.3. The standard InChI is InChI=1S/C17H18N2O2/c1-21-14-7-4-6-13(12-14)16-9-5-11-19(16)17(20)15-8-2-3-10-18-15/h2-4,6-8,10,12,16H,5,9,11H2,1H3. The maximum atomic E-state index is 12.6. The fourth-order valence-electron chi connectivity index (χ4n) is 2.84. The van der Waals surface area contributed by atoms with Crippen LogP contribution >= 0.6 is 0 Å². The largest absolute Gasteiger partial charge is 0.497 e. The minimum Gasteiger partial charge on any atom is -0.497 e. The number of benzene rings is 1. The van der Waals surface area contributed by atoms with Gasteiger partial charge in [-0.1, -0.05) is 18.2 Å². The van der Waals surface area contributed by atoms with E-state index in [0.29, 0.717) is 5.69 Å². The van der Waals surface area contributed by atoms with Crippen LogP contribution in [0.15, 0.2) is 48.7 Å². The quantitative estimate of drug-likeness (QED) is 0.869. The van der Waals surface area contributed by atoms with Crippen molar-refractivity contribution in [2.24, 2.45) is 0 Å². The molecule has 1 amide bonds. The van der Waals surface area contributed by atoms with Gasteiger partial charge in [-0.3, -0.25) is 9.78 Å². The van der Waals surface area contributed by atoms with E-state index in [0.717, 1.165) is 30.7 Å². The molecular weight excluding hydrogens is 264 g/mol. The van der Waals surface area contributed by atoms with Gasteiger partial charge in [0.1, 0.15) is 11.4 Å².